The number of aryl methyl sites for hydroxylation is 1. The fraction of sp³-hybridized carbons (Fsp3) is 0.100. The summed E-state index contributed by atoms with van der Waals surface area (Å²) in [5, 5.41) is 21.0. The number of rotatable bonds is 5. The van der Waals surface area contributed by atoms with Crippen molar-refractivity contribution in [2.24, 2.45) is 7.05 Å². The Labute approximate surface area is 176 Å². The van der Waals surface area contributed by atoms with Crippen molar-refractivity contribution in [2.45, 2.75) is 6.42 Å². The van der Waals surface area contributed by atoms with E-state index in [0.717, 1.165) is 28.5 Å². The van der Waals surface area contributed by atoms with Crippen LogP contribution >= 0.6 is 11.6 Å². The van der Waals surface area contributed by atoms with Gasteiger partial charge in [-0.15, -0.1) is 10.2 Å². The van der Waals surface area contributed by atoms with Gasteiger partial charge in [-0.1, -0.05) is 23.7 Å². The molecule has 5 rings (SSSR count). The number of anilines is 2. The summed E-state index contributed by atoms with van der Waals surface area (Å²) in [5.41, 5.74) is 3.23. The number of benzene rings is 1. The minimum Gasteiger partial charge on any atom is -0.309 e. The first-order valence-corrected chi connectivity index (χ1v) is 9.57. The van der Waals surface area contributed by atoms with Crippen molar-refractivity contribution in [3.63, 3.8) is 0 Å². The molecule has 0 aliphatic rings. The van der Waals surface area contributed by atoms with E-state index in [9.17, 15) is 0 Å². The van der Waals surface area contributed by atoms with Crippen LogP contribution in [0.4, 0.5) is 11.8 Å². The number of hydrogen-bond donors (Lipinski definition) is 1. The molecule has 1 aromatic carbocycles. The smallest absolute Gasteiger partial charge is 0.228 e. The zero-order valence-electron chi connectivity index (χ0n) is 15.9. The van der Waals surface area contributed by atoms with E-state index in [2.05, 4.69) is 35.7 Å². The molecule has 0 aliphatic carbocycles. The summed E-state index contributed by atoms with van der Waals surface area (Å²) >= 11 is 6.08. The van der Waals surface area contributed by atoms with E-state index in [-0.39, 0.29) is 0 Å². The topological polar surface area (TPSA) is 98.7 Å². The van der Waals surface area contributed by atoms with Gasteiger partial charge in [-0.2, -0.15) is 14.7 Å². The van der Waals surface area contributed by atoms with E-state index < -0.39 is 0 Å². The minimum atomic E-state index is 0.471. The molecule has 4 heterocycles. The molecule has 0 fully saturated rings. The third kappa shape index (κ3) is 3.58. The maximum atomic E-state index is 6.08. The van der Waals surface area contributed by atoms with Gasteiger partial charge in [-0.05, 0) is 29.8 Å². The maximum Gasteiger partial charge on any atom is 0.228 e. The van der Waals surface area contributed by atoms with Crippen molar-refractivity contribution >= 4 is 29.0 Å². The van der Waals surface area contributed by atoms with Crippen molar-refractivity contribution in [1.82, 2.24) is 39.6 Å². The Bertz CT molecular complexity index is 1340. The van der Waals surface area contributed by atoms with Crippen LogP contribution in [0.3, 0.4) is 0 Å². The Hall–Kier alpha value is -3.85. The van der Waals surface area contributed by atoms with Crippen LogP contribution in [0.15, 0.2) is 61.1 Å². The van der Waals surface area contributed by atoms with Gasteiger partial charge in [-0.3, -0.25) is 4.68 Å². The molecular formula is C20H16ClN9. The molecule has 9 nitrogen and oxygen atoms in total. The van der Waals surface area contributed by atoms with Crippen LogP contribution in [-0.2, 0) is 13.5 Å². The molecule has 0 aliphatic heterocycles. The Balaban J connectivity index is 1.43. The van der Waals surface area contributed by atoms with Crippen LogP contribution in [0.2, 0.25) is 5.02 Å². The molecule has 30 heavy (non-hydrogen) atoms. The standard InChI is InChI=1S/C20H16ClN9/c1-29-17(6-8-23-29)26-20-22-7-5-16(25-20)14-11-19-28-27-18(30(19)24-12-14)10-13-3-2-4-15(21)9-13/h2-9,11-12H,10H2,1H3,(H,22,25,26). The molecule has 0 atom stereocenters. The van der Waals surface area contributed by atoms with Gasteiger partial charge >= 0.3 is 0 Å². The highest BCUT2D eigenvalue weighted by Crippen LogP contribution is 2.20. The maximum absolute atomic E-state index is 6.08. The normalized spacial score (nSPS) is 11.1. The lowest BCUT2D eigenvalue weighted by Crippen LogP contribution is -2.03. The van der Waals surface area contributed by atoms with E-state index in [1.54, 1.807) is 27.8 Å². The second-order valence-corrected chi connectivity index (χ2v) is 7.10. The van der Waals surface area contributed by atoms with E-state index in [1.807, 2.05) is 49.5 Å². The van der Waals surface area contributed by atoms with Gasteiger partial charge in [0.1, 0.15) is 5.82 Å². The van der Waals surface area contributed by atoms with E-state index in [1.165, 1.54) is 0 Å². The second-order valence-electron chi connectivity index (χ2n) is 6.67. The molecule has 4 aromatic heterocycles. The quantitative estimate of drug-likeness (QED) is 0.468. The van der Waals surface area contributed by atoms with Crippen molar-refractivity contribution in [3.8, 4) is 11.3 Å². The first kappa shape index (κ1) is 18.2. The zero-order valence-corrected chi connectivity index (χ0v) is 16.7. The molecule has 0 radical (unpaired) electrons. The fourth-order valence-corrected chi connectivity index (χ4v) is 3.32. The van der Waals surface area contributed by atoms with Crippen LogP contribution in [-0.4, -0.2) is 39.6 Å². The lowest BCUT2D eigenvalue weighted by molar-refractivity contribution is 0.775. The Morgan fingerprint density at radius 1 is 1.03 bits per heavy atom. The average molecular weight is 418 g/mol. The first-order valence-electron chi connectivity index (χ1n) is 9.19. The molecule has 0 spiro atoms. The van der Waals surface area contributed by atoms with Crippen molar-refractivity contribution in [2.75, 3.05) is 5.32 Å². The number of hydrogen-bond acceptors (Lipinski definition) is 7. The van der Waals surface area contributed by atoms with Crippen LogP contribution in [0.1, 0.15) is 11.4 Å². The minimum absolute atomic E-state index is 0.471. The average Bonchev–Trinajstić information content (AvgIpc) is 3.34. The highest BCUT2D eigenvalue weighted by atomic mass is 35.5. The van der Waals surface area contributed by atoms with Gasteiger partial charge in [0.15, 0.2) is 11.5 Å². The van der Waals surface area contributed by atoms with Gasteiger partial charge in [0, 0.05) is 36.3 Å². The Kier molecular flexibility index (Phi) is 4.56. The molecule has 0 unspecified atom stereocenters. The lowest BCUT2D eigenvalue weighted by atomic mass is 10.1. The molecular weight excluding hydrogens is 402 g/mol. The highest BCUT2D eigenvalue weighted by Gasteiger charge is 2.11. The molecule has 148 valence electrons. The van der Waals surface area contributed by atoms with Gasteiger partial charge in [0.25, 0.3) is 0 Å². The van der Waals surface area contributed by atoms with Crippen LogP contribution in [0, 0.1) is 0 Å². The second kappa shape index (κ2) is 7.53. The number of halogens is 1. The number of nitrogens with one attached hydrogen (secondary N) is 1. The molecule has 5 aromatic rings. The molecule has 10 heteroatoms. The van der Waals surface area contributed by atoms with Crippen LogP contribution < -0.4 is 5.32 Å². The van der Waals surface area contributed by atoms with Crippen LogP contribution in [0.5, 0.6) is 0 Å². The summed E-state index contributed by atoms with van der Waals surface area (Å²) in [6.45, 7) is 0. The Morgan fingerprint density at radius 2 is 1.97 bits per heavy atom. The highest BCUT2D eigenvalue weighted by molar-refractivity contribution is 6.30. The predicted octanol–water partition coefficient (Wildman–Crippen LogP) is 3.30. The van der Waals surface area contributed by atoms with Crippen molar-refractivity contribution in [3.05, 3.63) is 77.5 Å². The summed E-state index contributed by atoms with van der Waals surface area (Å²) in [4.78, 5) is 8.85. The van der Waals surface area contributed by atoms with E-state index in [4.69, 9.17) is 11.6 Å². The molecule has 0 saturated heterocycles. The number of fused-ring (bicyclic) bond motifs is 1. The Morgan fingerprint density at radius 3 is 2.80 bits per heavy atom. The molecule has 0 saturated carbocycles. The zero-order chi connectivity index (χ0) is 20.5. The summed E-state index contributed by atoms with van der Waals surface area (Å²) in [7, 11) is 1.84. The van der Waals surface area contributed by atoms with Gasteiger partial charge < -0.3 is 5.32 Å². The molecule has 0 bridgehead atoms. The predicted molar refractivity (Wildman–Crippen MR) is 113 cm³/mol. The van der Waals surface area contributed by atoms with Gasteiger partial charge in [0.05, 0.1) is 18.1 Å². The van der Waals surface area contributed by atoms with Crippen molar-refractivity contribution < 1.29 is 0 Å². The summed E-state index contributed by atoms with van der Waals surface area (Å²) in [6.07, 6.45) is 5.73. The molecule has 0 amide bonds. The largest absolute Gasteiger partial charge is 0.309 e. The fourth-order valence-electron chi connectivity index (χ4n) is 3.11. The van der Waals surface area contributed by atoms with Crippen LogP contribution in [0.25, 0.3) is 16.9 Å². The molecule has 1 N–H and O–H groups in total. The first-order chi connectivity index (χ1) is 14.7. The summed E-state index contributed by atoms with van der Waals surface area (Å²) < 4.78 is 3.43. The summed E-state index contributed by atoms with van der Waals surface area (Å²) in [5.74, 6) is 2.00. The number of nitrogens with zero attached hydrogens (tertiary/aromatic N) is 8. The lowest BCUT2D eigenvalue weighted by Gasteiger charge is -2.07. The van der Waals surface area contributed by atoms with E-state index >= 15 is 0 Å². The summed E-state index contributed by atoms with van der Waals surface area (Å²) in [6, 6.07) is 13.2. The van der Waals surface area contributed by atoms with E-state index in [0.29, 0.717) is 23.0 Å². The number of aromatic nitrogens is 8. The SMILES string of the molecule is Cn1nccc1Nc1nccc(-c2cnn3c(Cc4cccc(Cl)c4)nnc3c2)n1. The third-order valence-electron chi connectivity index (χ3n) is 4.59. The van der Waals surface area contributed by atoms with Gasteiger partial charge in [-0.25, -0.2) is 9.97 Å². The third-order valence-corrected chi connectivity index (χ3v) is 4.82. The van der Waals surface area contributed by atoms with Gasteiger partial charge in [0.2, 0.25) is 5.95 Å². The van der Waals surface area contributed by atoms with Crippen molar-refractivity contribution in [1.29, 1.82) is 0 Å². The monoisotopic (exact) mass is 417 g/mol.